The Labute approximate surface area is 121 Å². The fourth-order valence-electron chi connectivity index (χ4n) is 2.07. The first kappa shape index (κ1) is 16.7. The molecule has 0 aliphatic carbocycles. The lowest BCUT2D eigenvalue weighted by Gasteiger charge is -2.19. The Balaban J connectivity index is 2.13. The van der Waals surface area contributed by atoms with Crippen LogP contribution in [0.2, 0.25) is 0 Å². The number of amides is 1. The summed E-state index contributed by atoms with van der Waals surface area (Å²) in [4.78, 5) is 13.8. The van der Waals surface area contributed by atoms with Crippen molar-refractivity contribution >= 4 is 5.91 Å². The molecular weight excluding hydrogens is 252 g/mol. The summed E-state index contributed by atoms with van der Waals surface area (Å²) < 4.78 is 0. The van der Waals surface area contributed by atoms with E-state index in [0.29, 0.717) is 13.1 Å². The van der Waals surface area contributed by atoms with Gasteiger partial charge in [-0.25, -0.2) is 0 Å². The van der Waals surface area contributed by atoms with Crippen LogP contribution in [0, 0.1) is 0 Å². The van der Waals surface area contributed by atoms with Gasteiger partial charge in [-0.3, -0.25) is 9.69 Å². The van der Waals surface area contributed by atoms with Gasteiger partial charge >= 0.3 is 0 Å². The molecule has 0 aliphatic rings. The average Bonchev–Trinajstić information content (AvgIpc) is 2.49. The molecule has 0 saturated carbocycles. The molecule has 0 unspecified atom stereocenters. The highest BCUT2D eigenvalue weighted by molar-refractivity contribution is 5.77. The van der Waals surface area contributed by atoms with Crippen LogP contribution in [0.4, 0.5) is 0 Å². The molecule has 0 bridgehead atoms. The van der Waals surface area contributed by atoms with Crippen molar-refractivity contribution in [3.63, 3.8) is 0 Å². The van der Waals surface area contributed by atoms with E-state index >= 15 is 0 Å². The molecule has 4 heteroatoms. The Hall–Kier alpha value is -1.39. The van der Waals surface area contributed by atoms with Crippen molar-refractivity contribution < 1.29 is 9.90 Å². The van der Waals surface area contributed by atoms with Crippen molar-refractivity contribution in [3.8, 4) is 0 Å². The maximum atomic E-state index is 11.8. The molecule has 0 fully saturated rings. The monoisotopic (exact) mass is 278 g/mol. The van der Waals surface area contributed by atoms with Crippen LogP contribution in [0.15, 0.2) is 30.3 Å². The van der Waals surface area contributed by atoms with Crippen molar-refractivity contribution in [2.75, 3.05) is 32.8 Å². The predicted octanol–water partition coefficient (Wildman–Crippen LogP) is 1.44. The van der Waals surface area contributed by atoms with Crippen LogP contribution in [0.1, 0.15) is 25.3 Å². The number of nitrogens with zero attached hydrogens (tertiary/aromatic N) is 1. The van der Waals surface area contributed by atoms with Crippen molar-refractivity contribution in [3.05, 3.63) is 35.9 Å². The lowest BCUT2D eigenvalue weighted by Crippen LogP contribution is -2.38. The molecule has 1 rings (SSSR count). The number of likely N-dealkylation sites (N-methyl/N-ethyl adjacent to an activating group) is 1. The van der Waals surface area contributed by atoms with E-state index in [2.05, 4.69) is 17.4 Å². The zero-order valence-electron chi connectivity index (χ0n) is 12.3. The van der Waals surface area contributed by atoms with Gasteiger partial charge in [0.05, 0.1) is 6.54 Å². The first-order valence-corrected chi connectivity index (χ1v) is 7.40. The van der Waals surface area contributed by atoms with Gasteiger partial charge in [-0.05, 0) is 31.4 Å². The van der Waals surface area contributed by atoms with Gasteiger partial charge in [0.2, 0.25) is 5.91 Å². The number of hydrogen-bond acceptors (Lipinski definition) is 3. The maximum absolute atomic E-state index is 11.8. The minimum absolute atomic E-state index is 0.0675. The minimum Gasteiger partial charge on any atom is -0.396 e. The number of aliphatic hydroxyl groups is 1. The molecule has 0 radical (unpaired) electrons. The van der Waals surface area contributed by atoms with Gasteiger partial charge in [0.1, 0.15) is 0 Å². The molecule has 1 aromatic carbocycles. The summed E-state index contributed by atoms with van der Waals surface area (Å²) in [6, 6.07) is 10.3. The summed E-state index contributed by atoms with van der Waals surface area (Å²) in [6.07, 6.45) is 2.66. The molecule has 112 valence electrons. The summed E-state index contributed by atoms with van der Waals surface area (Å²) in [5.74, 6) is 0.0675. The van der Waals surface area contributed by atoms with Crippen LogP contribution in [0.25, 0.3) is 0 Å². The molecule has 1 aromatic rings. The Kier molecular flexibility index (Phi) is 8.67. The van der Waals surface area contributed by atoms with E-state index in [1.54, 1.807) is 0 Å². The van der Waals surface area contributed by atoms with Crippen molar-refractivity contribution in [1.29, 1.82) is 0 Å². The predicted molar refractivity (Wildman–Crippen MR) is 81.6 cm³/mol. The zero-order chi connectivity index (χ0) is 14.6. The van der Waals surface area contributed by atoms with E-state index in [-0.39, 0.29) is 12.5 Å². The van der Waals surface area contributed by atoms with E-state index in [0.717, 1.165) is 32.4 Å². The van der Waals surface area contributed by atoms with Gasteiger partial charge in [-0.1, -0.05) is 37.3 Å². The second-order valence-corrected chi connectivity index (χ2v) is 4.89. The van der Waals surface area contributed by atoms with Gasteiger partial charge in [0.25, 0.3) is 0 Å². The highest BCUT2D eigenvalue weighted by atomic mass is 16.3. The molecule has 0 atom stereocenters. The van der Waals surface area contributed by atoms with Crippen LogP contribution >= 0.6 is 0 Å². The summed E-state index contributed by atoms with van der Waals surface area (Å²) in [5.41, 5.74) is 1.31. The number of benzene rings is 1. The summed E-state index contributed by atoms with van der Waals surface area (Å²) in [6.45, 7) is 4.93. The summed E-state index contributed by atoms with van der Waals surface area (Å²) in [7, 11) is 0. The number of aliphatic hydroxyl groups excluding tert-OH is 1. The van der Waals surface area contributed by atoms with Crippen LogP contribution in [-0.2, 0) is 11.2 Å². The molecule has 20 heavy (non-hydrogen) atoms. The number of carbonyl (C=O) groups is 1. The summed E-state index contributed by atoms with van der Waals surface area (Å²) in [5, 5.41) is 11.8. The molecule has 4 nitrogen and oxygen atoms in total. The molecule has 0 saturated heterocycles. The lowest BCUT2D eigenvalue weighted by atomic mass is 10.1. The zero-order valence-corrected chi connectivity index (χ0v) is 12.3. The third-order valence-electron chi connectivity index (χ3n) is 3.25. The van der Waals surface area contributed by atoms with Gasteiger partial charge in [0.15, 0.2) is 0 Å². The first-order valence-electron chi connectivity index (χ1n) is 7.40. The smallest absolute Gasteiger partial charge is 0.234 e. The Morgan fingerprint density at radius 2 is 2.00 bits per heavy atom. The SMILES string of the molecule is CCN(CCCO)CC(=O)NCCCc1ccccc1. The van der Waals surface area contributed by atoms with Gasteiger partial charge in [-0.2, -0.15) is 0 Å². The average molecular weight is 278 g/mol. The lowest BCUT2D eigenvalue weighted by molar-refractivity contribution is -0.122. The summed E-state index contributed by atoms with van der Waals surface area (Å²) >= 11 is 0. The Morgan fingerprint density at radius 3 is 2.65 bits per heavy atom. The van der Waals surface area contributed by atoms with Crippen molar-refractivity contribution in [1.82, 2.24) is 10.2 Å². The Morgan fingerprint density at radius 1 is 1.25 bits per heavy atom. The molecule has 0 aliphatic heterocycles. The van der Waals surface area contributed by atoms with Crippen molar-refractivity contribution in [2.24, 2.45) is 0 Å². The highest BCUT2D eigenvalue weighted by Crippen LogP contribution is 2.01. The van der Waals surface area contributed by atoms with E-state index in [4.69, 9.17) is 5.11 Å². The third kappa shape index (κ3) is 7.26. The quantitative estimate of drug-likeness (QED) is 0.637. The topological polar surface area (TPSA) is 52.6 Å². The normalized spacial score (nSPS) is 10.8. The number of aryl methyl sites for hydroxylation is 1. The second-order valence-electron chi connectivity index (χ2n) is 4.89. The fourth-order valence-corrected chi connectivity index (χ4v) is 2.07. The molecular formula is C16H26N2O2. The number of carbonyl (C=O) groups excluding carboxylic acids is 1. The van der Waals surface area contributed by atoms with Crippen LogP contribution in [0.5, 0.6) is 0 Å². The largest absolute Gasteiger partial charge is 0.396 e. The first-order chi connectivity index (χ1) is 9.76. The number of rotatable bonds is 10. The highest BCUT2D eigenvalue weighted by Gasteiger charge is 2.07. The van der Waals surface area contributed by atoms with Gasteiger partial charge < -0.3 is 10.4 Å². The molecule has 0 spiro atoms. The Bertz CT molecular complexity index is 368. The van der Waals surface area contributed by atoms with E-state index in [1.165, 1.54) is 5.56 Å². The molecule has 0 aromatic heterocycles. The maximum Gasteiger partial charge on any atom is 0.234 e. The number of nitrogens with one attached hydrogen (secondary N) is 1. The third-order valence-corrected chi connectivity index (χ3v) is 3.25. The minimum atomic E-state index is 0.0675. The van der Waals surface area contributed by atoms with Crippen molar-refractivity contribution in [2.45, 2.75) is 26.2 Å². The molecule has 0 heterocycles. The second kappa shape index (κ2) is 10.4. The molecule has 2 N–H and O–H groups in total. The van der Waals surface area contributed by atoms with Crippen LogP contribution in [0.3, 0.4) is 0 Å². The van der Waals surface area contributed by atoms with Crippen LogP contribution in [-0.4, -0.2) is 48.7 Å². The van der Waals surface area contributed by atoms with Gasteiger partial charge in [0, 0.05) is 19.7 Å². The van der Waals surface area contributed by atoms with E-state index in [9.17, 15) is 4.79 Å². The van der Waals surface area contributed by atoms with Crippen LogP contribution < -0.4 is 5.32 Å². The fraction of sp³-hybridized carbons (Fsp3) is 0.562. The number of hydrogen-bond donors (Lipinski definition) is 2. The van der Waals surface area contributed by atoms with E-state index < -0.39 is 0 Å². The molecule has 1 amide bonds. The van der Waals surface area contributed by atoms with Gasteiger partial charge in [-0.15, -0.1) is 0 Å². The standard InChI is InChI=1S/C16H26N2O2/c1-2-18(12-7-13-19)14-16(20)17-11-6-10-15-8-4-3-5-9-15/h3-5,8-9,19H,2,6-7,10-14H2,1H3,(H,17,20). The van der Waals surface area contributed by atoms with E-state index in [1.807, 2.05) is 30.0 Å².